The fourth-order valence-corrected chi connectivity index (χ4v) is 6.42. The summed E-state index contributed by atoms with van der Waals surface area (Å²) in [6.07, 6.45) is 0.209. The van der Waals surface area contributed by atoms with E-state index < -0.39 is 47.0 Å². The Morgan fingerprint density at radius 1 is 1.19 bits per heavy atom. The van der Waals surface area contributed by atoms with Gasteiger partial charge in [0, 0.05) is 22.7 Å². The number of benzene rings is 3. The molecule has 2 heterocycles. The number of ether oxygens (including phenoxy) is 2. The van der Waals surface area contributed by atoms with Crippen molar-refractivity contribution in [2.45, 2.75) is 43.7 Å². The molecule has 3 unspecified atom stereocenters. The predicted octanol–water partition coefficient (Wildman–Crippen LogP) is 5.44. The van der Waals surface area contributed by atoms with Gasteiger partial charge in [-0.1, -0.05) is 54.4 Å². The number of hydrogen-bond acceptors (Lipinski definition) is 6. The fraction of sp³-hybridized carbons (Fsp3) is 0.355. The van der Waals surface area contributed by atoms with Crippen molar-refractivity contribution in [3.63, 3.8) is 0 Å². The third-order valence-electron chi connectivity index (χ3n) is 8.43. The van der Waals surface area contributed by atoms with E-state index in [-0.39, 0.29) is 36.4 Å². The Morgan fingerprint density at radius 2 is 1.81 bits per heavy atom. The molecule has 0 bridgehead atoms. The number of carboxylic acid groups (broad SMARTS) is 1. The Morgan fingerprint density at radius 3 is 2.33 bits per heavy atom. The molecule has 1 fully saturated rings. The van der Waals surface area contributed by atoms with Gasteiger partial charge >= 0.3 is 5.97 Å². The number of carbonyl (C=O) groups excluding carboxylic acids is 1. The minimum atomic E-state index is -1.88. The number of carboxylic acids is 1. The standard InChI is InChI=1S/C31H31Cl2FN2O6/c1-4-30(40,25-15-42-16-35-25)20-13-23-26(24(34)14-20)31(41-3,19-7-11-22(33)12-8-19)36(28(23)37)27(17(2)29(38)39)18-5-9-21(32)10-6-18/h5-14,17,25,27,35,40H,4,15-16H2,1-3H3,(H,38,39)/t17-,25?,27-,30?,31?/m0/s1. The fourth-order valence-electron chi connectivity index (χ4n) is 6.17. The summed E-state index contributed by atoms with van der Waals surface area (Å²) in [6.45, 7) is 3.66. The molecule has 0 spiro atoms. The van der Waals surface area contributed by atoms with Crippen LogP contribution < -0.4 is 5.32 Å². The number of aliphatic carboxylic acids is 1. The lowest BCUT2D eigenvalue weighted by atomic mass is 9.81. The summed E-state index contributed by atoms with van der Waals surface area (Å²) in [5.74, 6) is -3.78. The number of methoxy groups -OCH3 is 1. The van der Waals surface area contributed by atoms with Gasteiger partial charge in [0.1, 0.15) is 11.4 Å². The van der Waals surface area contributed by atoms with Gasteiger partial charge in [0.2, 0.25) is 0 Å². The number of carbonyl (C=O) groups is 2. The van der Waals surface area contributed by atoms with Crippen LogP contribution in [0.2, 0.25) is 10.0 Å². The summed E-state index contributed by atoms with van der Waals surface area (Å²) < 4.78 is 28.1. The lowest BCUT2D eigenvalue weighted by Crippen LogP contribution is -2.51. The highest BCUT2D eigenvalue weighted by Crippen LogP contribution is 2.52. The van der Waals surface area contributed by atoms with Crippen LogP contribution in [0.5, 0.6) is 0 Å². The SMILES string of the molecule is CCC(O)(c1cc(F)c2c(c1)C(=O)N([C@H](c1ccc(Cl)cc1)[C@H](C)C(=O)O)C2(OC)c1ccc(Cl)cc1)C1COCN1. The maximum atomic E-state index is 16.6. The van der Waals surface area contributed by atoms with Gasteiger partial charge in [0.15, 0.2) is 5.72 Å². The van der Waals surface area contributed by atoms with E-state index >= 15 is 4.39 Å². The summed E-state index contributed by atoms with van der Waals surface area (Å²) in [6, 6.07) is 13.9. The molecule has 8 nitrogen and oxygen atoms in total. The highest BCUT2D eigenvalue weighted by molar-refractivity contribution is 6.30. The number of halogens is 3. The van der Waals surface area contributed by atoms with Gasteiger partial charge in [-0.25, -0.2) is 4.39 Å². The maximum Gasteiger partial charge on any atom is 0.308 e. The lowest BCUT2D eigenvalue weighted by molar-refractivity contribution is -0.149. The van der Waals surface area contributed by atoms with E-state index in [0.717, 1.165) is 0 Å². The molecule has 222 valence electrons. The van der Waals surface area contributed by atoms with Crippen LogP contribution >= 0.6 is 23.2 Å². The first-order valence-electron chi connectivity index (χ1n) is 13.5. The predicted molar refractivity (Wildman–Crippen MR) is 155 cm³/mol. The van der Waals surface area contributed by atoms with Gasteiger partial charge in [-0.3, -0.25) is 19.8 Å². The number of aliphatic hydroxyl groups is 1. The first kappa shape index (κ1) is 30.4. The van der Waals surface area contributed by atoms with Gasteiger partial charge in [0.25, 0.3) is 5.91 Å². The van der Waals surface area contributed by atoms with Crippen molar-refractivity contribution < 1.29 is 33.7 Å². The van der Waals surface area contributed by atoms with E-state index in [4.69, 9.17) is 32.7 Å². The Balaban J connectivity index is 1.81. The zero-order chi connectivity index (χ0) is 30.4. The van der Waals surface area contributed by atoms with Gasteiger partial charge in [-0.05, 0) is 60.9 Å². The summed E-state index contributed by atoms with van der Waals surface area (Å²) in [7, 11) is 1.34. The number of rotatable bonds is 9. The van der Waals surface area contributed by atoms with Crippen LogP contribution in [0.25, 0.3) is 0 Å². The summed E-state index contributed by atoms with van der Waals surface area (Å²) in [5, 5.41) is 25.8. The molecule has 0 saturated carbocycles. The van der Waals surface area contributed by atoms with Crippen molar-refractivity contribution in [3.8, 4) is 0 Å². The summed E-state index contributed by atoms with van der Waals surface area (Å²) in [4.78, 5) is 28.3. The Kier molecular flexibility index (Phi) is 8.37. The van der Waals surface area contributed by atoms with Gasteiger partial charge in [0.05, 0.1) is 42.5 Å². The van der Waals surface area contributed by atoms with Crippen molar-refractivity contribution in [2.75, 3.05) is 20.4 Å². The molecule has 1 amide bonds. The Labute approximate surface area is 252 Å². The smallest absolute Gasteiger partial charge is 0.308 e. The van der Waals surface area contributed by atoms with Crippen molar-refractivity contribution >= 4 is 35.1 Å². The number of fused-ring (bicyclic) bond motifs is 1. The van der Waals surface area contributed by atoms with Crippen LogP contribution in [0.4, 0.5) is 4.39 Å². The molecular formula is C31H31Cl2FN2O6. The van der Waals surface area contributed by atoms with Crippen molar-refractivity contribution in [3.05, 3.63) is 104 Å². The minimum Gasteiger partial charge on any atom is -0.481 e. The normalized spacial score (nSPS) is 23.0. The number of nitrogens with zero attached hydrogens (tertiary/aromatic N) is 1. The quantitative estimate of drug-likeness (QED) is 0.294. The molecule has 5 rings (SSSR count). The molecule has 5 atom stereocenters. The Hall–Kier alpha value is -3.05. The van der Waals surface area contributed by atoms with E-state index in [2.05, 4.69) is 5.32 Å². The second-order valence-corrected chi connectivity index (χ2v) is 11.5. The molecule has 3 aromatic carbocycles. The minimum absolute atomic E-state index is 0.0517. The summed E-state index contributed by atoms with van der Waals surface area (Å²) >= 11 is 12.3. The molecule has 1 saturated heterocycles. The molecule has 3 aromatic rings. The highest BCUT2D eigenvalue weighted by atomic mass is 35.5. The van der Waals surface area contributed by atoms with Crippen LogP contribution in [0, 0.1) is 11.7 Å². The number of amides is 1. The van der Waals surface area contributed by atoms with Gasteiger partial charge in [-0.2, -0.15) is 0 Å². The van der Waals surface area contributed by atoms with Crippen LogP contribution in [0.15, 0.2) is 60.7 Å². The van der Waals surface area contributed by atoms with Crippen molar-refractivity contribution in [2.24, 2.45) is 5.92 Å². The van der Waals surface area contributed by atoms with E-state index in [9.17, 15) is 19.8 Å². The van der Waals surface area contributed by atoms with Crippen LogP contribution in [-0.4, -0.2) is 53.5 Å². The number of nitrogens with one attached hydrogen (secondary N) is 1. The average Bonchev–Trinajstić information content (AvgIpc) is 3.61. The zero-order valence-electron chi connectivity index (χ0n) is 23.2. The summed E-state index contributed by atoms with van der Waals surface area (Å²) in [5.41, 5.74) is -2.57. The van der Waals surface area contributed by atoms with Gasteiger partial charge in [-0.15, -0.1) is 0 Å². The van der Waals surface area contributed by atoms with E-state index in [1.54, 1.807) is 55.5 Å². The first-order chi connectivity index (χ1) is 20.0. The third-order valence-corrected chi connectivity index (χ3v) is 8.94. The van der Waals surface area contributed by atoms with E-state index in [1.165, 1.54) is 31.1 Å². The molecule has 2 aliphatic heterocycles. The molecule has 2 aliphatic rings. The molecular weight excluding hydrogens is 586 g/mol. The molecule has 0 radical (unpaired) electrons. The first-order valence-corrected chi connectivity index (χ1v) is 14.3. The maximum absolute atomic E-state index is 16.6. The van der Waals surface area contributed by atoms with Crippen LogP contribution in [0.3, 0.4) is 0 Å². The second-order valence-electron chi connectivity index (χ2n) is 10.6. The molecule has 0 aromatic heterocycles. The van der Waals surface area contributed by atoms with Crippen molar-refractivity contribution in [1.29, 1.82) is 0 Å². The van der Waals surface area contributed by atoms with E-state index in [0.29, 0.717) is 21.2 Å². The average molecular weight is 618 g/mol. The number of hydrogen-bond donors (Lipinski definition) is 3. The topological polar surface area (TPSA) is 108 Å². The van der Waals surface area contributed by atoms with Crippen LogP contribution in [-0.2, 0) is 25.6 Å². The Bertz CT molecular complexity index is 1500. The lowest BCUT2D eigenvalue weighted by Gasteiger charge is -2.44. The molecule has 11 heteroatoms. The largest absolute Gasteiger partial charge is 0.481 e. The zero-order valence-corrected chi connectivity index (χ0v) is 24.7. The van der Waals surface area contributed by atoms with E-state index in [1.807, 2.05) is 0 Å². The van der Waals surface area contributed by atoms with Gasteiger partial charge < -0.3 is 19.7 Å². The molecule has 0 aliphatic carbocycles. The second kappa shape index (κ2) is 11.6. The third kappa shape index (κ3) is 4.78. The highest BCUT2D eigenvalue weighted by Gasteiger charge is 2.58. The molecule has 3 N–H and O–H groups in total. The van der Waals surface area contributed by atoms with Crippen LogP contribution in [0.1, 0.15) is 58.9 Å². The van der Waals surface area contributed by atoms with Crippen molar-refractivity contribution in [1.82, 2.24) is 10.2 Å². The molecule has 42 heavy (non-hydrogen) atoms. The monoisotopic (exact) mass is 616 g/mol.